The van der Waals surface area contributed by atoms with Gasteiger partial charge in [0, 0.05) is 19.6 Å². The van der Waals surface area contributed by atoms with Crippen molar-refractivity contribution in [2.75, 3.05) is 13.2 Å². The van der Waals surface area contributed by atoms with Crippen LogP contribution in [0.4, 0.5) is 0 Å². The molecule has 0 aromatic carbocycles. The van der Waals surface area contributed by atoms with Gasteiger partial charge < -0.3 is 9.64 Å². The van der Waals surface area contributed by atoms with Gasteiger partial charge in [-0.2, -0.15) is 5.26 Å². The van der Waals surface area contributed by atoms with Gasteiger partial charge in [0.05, 0.1) is 12.2 Å². The van der Waals surface area contributed by atoms with Gasteiger partial charge in [0.25, 0.3) is 0 Å². The van der Waals surface area contributed by atoms with E-state index in [0.29, 0.717) is 23.9 Å². The Balaban J connectivity index is 1.23. The molecule has 0 aromatic rings. The number of hydrogen-bond donors (Lipinski definition) is 0. The Morgan fingerprint density at radius 1 is 1.23 bits per heavy atom. The van der Waals surface area contributed by atoms with Crippen LogP contribution in [0.5, 0.6) is 0 Å². The predicted octanol–water partition coefficient (Wildman–Crippen LogP) is 4.15. The summed E-state index contributed by atoms with van der Waals surface area (Å²) < 4.78 is 6.14. The molecule has 2 unspecified atom stereocenters. The smallest absolute Gasteiger partial charge is 0.223 e. The zero-order valence-corrected chi connectivity index (χ0v) is 16.5. The summed E-state index contributed by atoms with van der Waals surface area (Å²) in [7, 11) is 0. The third-order valence-electron chi connectivity index (χ3n) is 7.49. The second kappa shape index (κ2) is 7.15. The molecule has 0 N–H and O–H groups in total. The Hall–Kier alpha value is -1.08. The molecule has 1 amide bonds. The van der Waals surface area contributed by atoms with Crippen LogP contribution in [0.25, 0.3) is 0 Å². The number of nitrogens with zero attached hydrogens (tertiary/aromatic N) is 2. The number of rotatable bonds is 6. The zero-order chi connectivity index (χ0) is 18.3. The molecule has 4 rings (SSSR count). The fourth-order valence-corrected chi connectivity index (χ4v) is 5.90. The van der Waals surface area contributed by atoms with Crippen LogP contribution in [0.1, 0.15) is 71.6 Å². The second-order valence-electron chi connectivity index (χ2n) is 10.1. The maximum atomic E-state index is 12.7. The molecular weight excluding hydrogens is 324 g/mol. The lowest BCUT2D eigenvalue weighted by atomic mass is 9.81. The van der Waals surface area contributed by atoms with Gasteiger partial charge >= 0.3 is 0 Å². The van der Waals surface area contributed by atoms with E-state index in [1.54, 1.807) is 0 Å². The van der Waals surface area contributed by atoms with Gasteiger partial charge in [0.15, 0.2) is 0 Å². The summed E-state index contributed by atoms with van der Waals surface area (Å²) in [5.41, 5.74) is 0.305. The predicted molar refractivity (Wildman–Crippen MR) is 100 cm³/mol. The van der Waals surface area contributed by atoms with Crippen molar-refractivity contribution in [1.82, 2.24) is 4.90 Å². The topological polar surface area (TPSA) is 53.3 Å². The average Bonchev–Trinajstić information content (AvgIpc) is 3.14. The van der Waals surface area contributed by atoms with Crippen LogP contribution in [-0.2, 0) is 9.53 Å². The van der Waals surface area contributed by atoms with E-state index in [1.165, 1.54) is 38.5 Å². The molecule has 3 aliphatic carbocycles. The van der Waals surface area contributed by atoms with Crippen molar-refractivity contribution in [2.45, 2.75) is 83.8 Å². The van der Waals surface area contributed by atoms with E-state index in [2.05, 4.69) is 19.9 Å². The first-order chi connectivity index (χ1) is 12.5. The van der Waals surface area contributed by atoms with E-state index in [9.17, 15) is 10.1 Å². The highest BCUT2D eigenvalue weighted by Crippen LogP contribution is 2.55. The largest absolute Gasteiger partial charge is 0.378 e. The molecule has 0 aromatic heterocycles. The van der Waals surface area contributed by atoms with Gasteiger partial charge in [-0.25, -0.2) is 0 Å². The Morgan fingerprint density at radius 2 is 1.92 bits per heavy atom. The SMILES string of the molecule is C[C@H]1C[C@@H](C#N)N(C(=O)CCC2(C)C[C@H]3CC(OCC4CC4)C[C@H]3C2)C1. The van der Waals surface area contributed by atoms with Crippen LogP contribution >= 0.6 is 0 Å². The number of carbonyl (C=O) groups is 1. The first kappa shape index (κ1) is 18.3. The third kappa shape index (κ3) is 3.93. The summed E-state index contributed by atoms with van der Waals surface area (Å²) in [5, 5.41) is 9.29. The lowest BCUT2D eigenvalue weighted by Crippen LogP contribution is -2.35. The summed E-state index contributed by atoms with van der Waals surface area (Å²) in [6.45, 7) is 6.27. The molecule has 4 nitrogen and oxygen atoms in total. The van der Waals surface area contributed by atoms with Crippen molar-refractivity contribution >= 4 is 5.91 Å². The minimum atomic E-state index is -0.197. The minimum Gasteiger partial charge on any atom is -0.378 e. The number of ether oxygens (including phenoxy) is 1. The molecule has 1 saturated heterocycles. The molecule has 26 heavy (non-hydrogen) atoms. The van der Waals surface area contributed by atoms with Gasteiger partial charge in [-0.05, 0) is 80.5 Å². The molecule has 0 bridgehead atoms. The Kier molecular flexibility index (Phi) is 5.03. The molecule has 6 atom stereocenters. The van der Waals surface area contributed by atoms with E-state index < -0.39 is 0 Å². The molecule has 4 aliphatic rings. The normalized spacial score (nSPS) is 42.0. The maximum Gasteiger partial charge on any atom is 0.223 e. The second-order valence-corrected chi connectivity index (χ2v) is 10.1. The van der Waals surface area contributed by atoms with Gasteiger partial charge in [-0.15, -0.1) is 0 Å². The molecule has 4 fully saturated rings. The number of likely N-dealkylation sites (tertiary alicyclic amines) is 1. The summed E-state index contributed by atoms with van der Waals surface area (Å²) in [4.78, 5) is 14.5. The highest BCUT2D eigenvalue weighted by atomic mass is 16.5. The summed E-state index contributed by atoms with van der Waals surface area (Å²) in [6, 6.07) is 2.12. The minimum absolute atomic E-state index is 0.197. The maximum absolute atomic E-state index is 12.7. The van der Waals surface area contributed by atoms with Crippen LogP contribution in [0.3, 0.4) is 0 Å². The van der Waals surface area contributed by atoms with Gasteiger partial charge in [0.1, 0.15) is 6.04 Å². The Morgan fingerprint density at radius 3 is 2.54 bits per heavy atom. The van der Waals surface area contributed by atoms with Gasteiger partial charge in [-0.3, -0.25) is 4.79 Å². The molecular formula is C22H34N2O2. The molecule has 4 heteroatoms. The van der Waals surface area contributed by atoms with Crippen molar-refractivity contribution in [1.29, 1.82) is 5.26 Å². The molecule has 144 valence electrons. The van der Waals surface area contributed by atoms with Crippen molar-refractivity contribution in [2.24, 2.45) is 29.1 Å². The van der Waals surface area contributed by atoms with E-state index in [-0.39, 0.29) is 11.9 Å². The standard InChI is InChI=1S/C22H34N2O2/c1-15-7-19(12-23)24(13-15)21(25)5-6-22(2)10-17-8-20(9-18(17)11-22)26-14-16-3-4-16/h15-20H,3-11,13-14H2,1-2H3/t15-,17-,18+,19-,20?,22?/m0/s1. The van der Waals surface area contributed by atoms with E-state index in [0.717, 1.165) is 43.7 Å². The van der Waals surface area contributed by atoms with Crippen molar-refractivity contribution in [3.8, 4) is 6.07 Å². The number of carbonyl (C=O) groups excluding carboxylic acids is 1. The van der Waals surface area contributed by atoms with Crippen LogP contribution in [0.15, 0.2) is 0 Å². The molecule has 1 aliphatic heterocycles. The highest BCUT2D eigenvalue weighted by molar-refractivity contribution is 5.77. The van der Waals surface area contributed by atoms with Crippen LogP contribution < -0.4 is 0 Å². The number of hydrogen-bond acceptors (Lipinski definition) is 3. The first-order valence-electron chi connectivity index (χ1n) is 10.8. The fraction of sp³-hybridized carbons (Fsp3) is 0.909. The summed E-state index contributed by atoms with van der Waals surface area (Å²) in [5.74, 6) is 3.12. The van der Waals surface area contributed by atoms with E-state index in [1.807, 2.05) is 4.90 Å². The van der Waals surface area contributed by atoms with Gasteiger partial charge in [0.2, 0.25) is 5.91 Å². The van der Waals surface area contributed by atoms with Crippen LogP contribution in [0, 0.1) is 40.4 Å². The van der Waals surface area contributed by atoms with Crippen LogP contribution in [-0.4, -0.2) is 36.1 Å². The number of nitriles is 1. The molecule has 1 heterocycles. The third-order valence-corrected chi connectivity index (χ3v) is 7.49. The Labute approximate surface area is 158 Å². The Bertz CT molecular complexity index is 565. The average molecular weight is 359 g/mol. The zero-order valence-electron chi connectivity index (χ0n) is 16.5. The molecule has 0 radical (unpaired) electrons. The van der Waals surface area contributed by atoms with Gasteiger partial charge in [-0.1, -0.05) is 13.8 Å². The number of amides is 1. The first-order valence-corrected chi connectivity index (χ1v) is 10.8. The van der Waals surface area contributed by atoms with Crippen LogP contribution in [0.2, 0.25) is 0 Å². The fourth-order valence-electron chi connectivity index (χ4n) is 5.90. The number of fused-ring (bicyclic) bond motifs is 1. The van der Waals surface area contributed by atoms with Crippen molar-refractivity contribution in [3.05, 3.63) is 0 Å². The highest BCUT2D eigenvalue weighted by Gasteiger charge is 2.47. The quantitative estimate of drug-likeness (QED) is 0.717. The summed E-state index contributed by atoms with van der Waals surface area (Å²) in [6.07, 6.45) is 10.7. The monoisotopic (exact) mass is 358 g/mol. The lowest BCUT2D eigenvalue weighted by Gasteiger charge is -2.27. The van der Waals surface area contributed by atoms with Crippen molar-refractivity contribution in [3.63, 3.8) is 0 Å². The summed E-state index contributed by atoms with van der Waals surface area (Å²) >= 11 is 0. The van der Waals surface area contributed by atoms with Crippen molar-refractivity contribution < 1.29 is 9.53 Å². The molecule has 3 saturated carbocycles. The van der Waals surface area contributed by atoms with E-state index in [4.69, 9.17) is 4.74 Å². The molecule has 0 spiro atoms. The lowest BCUT2D eigenvalue weighted by molar-refractivity contribution is -0.131. The van der Waals surface area contributed by atoms with E-state index >= 15 is 0 Å².